The maximum Gasteiger partial charge on any atom is 0.258 e. The third kappa shape index (κ3) is 4.75. The summed E-state index contributed by atoms with van der Waals surface area (Å²) in [7, 11) is 0. The van der Waals surface area contributed by atoms with E-state index < -0.39 is 0 Å². The third-order valence-corrected chi connectivity index (χ3v) is 3.87. The highest BCUT2D eigenvalue weighted by molar-refractivity contribution is 6.35. The first-order chi connectivity index (χ1) is 12.1. The van der Waals surface area contributed by atoms with Gasteiger partial charge in [0.05, 0.1) is 11.3 Å². The van der Waals surface area contributed by atoms with Gasteiger partial charge < -0.3 is 14.5 Å². The molecule has 25 heavy (non-hydrogen) atoms. The Bertz CT molecular complexity index is 867. The summed E-state index contributed by atoms with van der Waals surface area (Å²) in [5.41, 5.74) is 1.61. The second-order valence-corrected chi connectivity index (χ2v) is 6.01. The van der Waals surface area contributed by atoms with E-state index in [1.165, 1.54) is 0 Å². The van der Waals surface area contributed by atoms with Crippen molar-refractivity contribution in [2.75, 3.05) is 6.61 Å². The summed E-state index contributed by atoms with van der Waals surface area (Å²) in [6.45, 7) is 0.213. The number of nitrogens with one attached hydrogen (secondary N) is 1. The molecule has 128 valence electrons. The predicted octanol–water partition coefficient (Wildman–Crippen LogP) is 4.34. The number of benzene rings is 1. The van der Waals surface area contributed by atoms with Gasteiger partial charge in [-0.05, 0) is 48.0 Å². The molecule has 3 rings (SSSR count). The molecule has 0 spiro atoms. The average Bonchev–Trinajstić information content (AvgIpc) is 3.14. The molecule has 5 nitrogen and oxygen atoms in total. The lowest BCUT2D eigenvalue weighted by atomic mass is 10.2. The molecule has 1 amide bonds. The molecule has 2 aromatic heterocycles. The summed E-state index contributed by atoms with van der Waals surface area (Å²) in [4.78, 5) is 16.2. The number of pyridine rings is 1. The molecule has 1 N–H and O–H groups in total. The van der Waals surface area contributed by atoms with Crippen molar-refractivity contribution in [1.82, 2.24) is 10.3 Å². The summed E-state index contributed by atoms with van der Waals surface area (Å²) >= 11 is 11.8. The molecule has 0 saturated carbocycles. The van der Waals surface area contributed by atoms with Crippen LogP contribution in [0.5, 0.6) is 5.75 Å². The Hall–Kier alpha value is -2.50. The van der Waals surface area contributed by atoms with Crippen molar-refractivity contribution in [3.05, 3.63) is 70.5 Å². The normalized spacial score (nSPS) is 10.5. The number of nitrogens with zero attached hydrogens (tertiary/aromatic N) is 1. The van der Waals surface area contributed by atoms with Crippen molar-refractivity contribution < 1.29 is 13.9 Å². The van der Waals surface area contributed by atoms with Crippen LogP contribution in [0.25, 0.3) is 11.5 Å². The van der Waals surface area contributed by atoms with Crippen LogP contribution in [0.3, 0.4) is 0 Å². The molecule has 0 saturated heterocycles. The van der Waals surface area contributed by atoms with Crippen LogP contribution in [0.4, 0.5) is 0 Å². The predicted molar refractivity (Wildman–Crippen MR) is 95.7 cm³/mol. The van der Waals surface area contributed by atoms with Crippen LogP contribution in [0.1, 0.15) is 5.56 Å². The van der Waals surface area contributed by atoms with Crippen molar-refractivity contribution in [2.24, 2.45) is 0 Å². The van der Waals surface area contributed by atoms with Crippen LogP contribution < -0.4 is 10.1 Å². The molecule has 2 heterocycles. The fourth-order valence-corrected chi connectivity index (χ4v) is 2.59. The Labute approximate surface area is 154 Å². The fraction of sp³-hybridized carbons (Fsp3) is 0.111. The van der Waals surface area contributed by atoms with Gasteiger partial charge in [-0.2, -0.15) is 0 Å². The maximum absolute atomic E-state index is 11.9. The van der Waals surface area contributed by atoms with Gasteiger partial charge in [-0.15, -0.1) is 0 Å². The highest BCUT2D eigenvalue weighted by Gasteiger charge is 2.08. The van der Waals surface area contributed by atoms with Crippen molar-refractivity contribution in [2.45, 2.75) is 6.54 Å². The van der Waals surface area contributed by atoms with Gasteiger partial charge >= 0.3 is 0 Å². The molecule has 0 fully saturated rings. The van der Waals surface area contributed by atoms with Crippen LogP contribution in [0.15, 0.2) is 59.3 Å². The topological polar surface area (TPSA) is 64.4 Å². The first-order valence-corrected chi connectivity index (χ1v) is 8.21. The molecule has 0 aliphatic rings. The highest BCUT2D eigenvalue weighted by atomic mass is 35.5. The quantitative estimate of drug-likeness (QED) is 0.694. The number of hydrogen-bond donors (Lipinski definition) is 1. The number of carbonyl (C=O) groups excluding carboxylic acids is 1. The molecule has 0 unspecified atom stereocenters. The molecule has 0 radical (unpaired) electrons. The Kier molecular flexibility index (Phi) is 5.58. The smallest absolute Gasteiger partial charge is 0.258 e. The van der Waals surface area contributed by atoms with Gasteiger partial charge in [-0.3, -0.25) is 9.78 Å². The van der Waals surface area contributed by atoms with Gasteiger partial charge in [0.1, 0.15) is 11.4 Å². The molecule has 0 atom stereocenters. The van der Waals surface area contributed by atoms with E-state index in [0.29, 0.717) is 33.8 Å². The zero-order valence-electron chi connectivity index (χ0n) is 13.0. The summed E-state index contributed by atoms with van der Waals surface area (Å²) in [5, 5.41) is 3.65. The van der Waals surface area contributed by atoms with Crippen LogP contribution >= 0.6 is 23.2 Å². The van der Waals surface area contributed by atoms with Crippen molar-refractivity contribution in [1.29, 1.82) is 0 Å². The Balaban J connectivity index is 1.53. The van der Waals surface area contributed by atoms with Crippen LogP contribution in [0.2, 0.25) is 10.0 Å². The first-order valence-electron chi connectivity index (χ1n) is 7.45. The molecule has 1 aromatic carbocycles. The Morgan fingerprint density at radius 1 is 1.20 bits per heavy atom. The Morgan fingerprint density at radius 2 is 2.08 bits per heavy atom. The monoisotopic (exact) mass is 376 g/mol. The molecule has 3 aromatic rings. The number of carbonyl (C=O) groups is 1. The van der Waals surface area contributed by atoms with Crippen LogP contribution in [-0.2, 0) is 11.3 Å². The van der Waals surface area contributed by atoms with E-state index in [9.17, 15) is 4.79 Å². The minimum atomic E-state index is -0.262. The van der Waals surface area contributed by atoms with E-state index in [2.05, 4.69) is 10.3 Å². The average molecular weight is 377 g/mol. The van der Waals surface area contributed by atoms with E-state index in [1.54, 1.807) is 36.7 Å². The number of ether oxygens (including phenoxy) is 1. The SMILES string of the molecule is O=C(COc1ccc(Cl)cc1Cl)NCc1ccnc(-c2ccco2)c1. The number of furan rings is 1. The van der Waals surface area contributed by atoms with Crippen molar-refractivity contribution in [3.63, 3.8) is 0 Å². The summed E-state index contributed by atoms with van der Waals surface area (Å²) < 4.78 is 10.7. The molecule has 0 aliphatic heterocycles. The van der Waals surface area contributed by atoms with E-state index in [0.717, 1.165) is 5.56 Å². The van der Waals surface area contributed by atoms with E-state index in [-0.39, 0.29) is 12.5 Å². The van der Waals surface area contributed by atoms with E-state index in [1.807, 2.05) is 18.2 Å². The van der Waals surface area contributed by atoms with Gasteiger partial charge in [0.2, 0.25) is 0 Å². The maximum atomic E-state index is 11.9. The van der Waals surface area contributed by atoms with Gasteiger partial charge in [-0.25, -0.2) is 0 Å². The lowest BCUT2D eigenvalue weighted by Crippen LogP contribution is -2.28. The standard InChI is InChI=1S/C18H14Cl2N2O3/c19-13-3-4-16(14(20)9-13)25-11-18(23)22-10-12-5-6-21-15(8-12)17-2-1-7-24-17/h1-9H,10-11H2,(H,22,23). The zero-order valence-corrected chi connectivity index (χ0v) is 14.6. The minimum absolute atomic E-state index is 0.141. The zero-order chi connectivity index (χ0) is 17.6. The van der Waals surface area contributed by atoms with Crippen molar-refractivity contribution in [3.8, 4) is 17.2 Å². The minimum Gasteiger partial charge on any atom is -0.482 e. The fourth-order valence-electron chi connectivity index (χ4n) is 2.13. The molecule has 0 aliphatic carbocycles. The first kappa shape index (κ1) is 17.3. The van der Waals surface area contributed by atoms with Gasteiger partial charge in [0.15, 0.2) is 12.4 Å². The number of rotatable bonds is 6. The lowest BCUT2D eigenvalue weighted by Gasteiger charge is -2.09. The van der Waals surface area contributed by atoms with E-state index >= 15 is 0 Å². The Morgan fingerprint density at radius 3 is 2.84 bits per heavy atom. The van der Waals surface area contributed by atoms with Crippen LogP contribution in [0, 0.1) is 0 Å². The molecular weight excluding hydrogens is 363 g/mol. The summed E-state index contributed by atoms with van der Waals surface area (Å²) in [6.07, 6.45) is 3.26. The largest absolute Gasteiger partial charge is 0.482 e. The number of hydrogen-bond acceptors (Lipinski definition) is 4. The number of aromatic nitrogens is 1. The lowest BCUT2D eigenvalue weighted by molar-refractivity contribution is -0.123. The number of amides is 1. The highest BCUT2D eigenvalue weighted by Crippen LogP contribution is 2.27. The van der Waals surface area contributed by atoms with Crippen molar-refractivity contribution >= 4 is 29.1 Å². The second-order valence-electron chi connectivity index (χ2n) is 5.17. The second kappa shape index (κ2) is 8.05. The van der Waals surface area contributed by atoms with Gasteiger partial charge in [0, 0.05) is 17.8 Å². The third-order valence-electron chi connectivity index (χ3n) is 3.34. The van der Waals surface area contributed by atoms with Gasteiger partial charge in [0.25, 0.3) is 5.91 Å². The van der Waals surface area contributed by atoms with E-state index in [4.69, 9.17) is 32.4 Å². The van der Waals surface area contributed by atoms with Crippen LogP contribution in [-0.4, -0.2) is 17.5 Å². The summed E-state index contributed by atoms with van der Waals surface area (Å²) in [5.74, 6) is 0.821. The molecular formula is C18H14Cl2N2O3. The molecule has 7 heteroatoms. The number of halogens is 2. The summed E-state index contributed by atoms with van der Waals surface area (Å²) in [6, 6.07) is 12.1. The molecule has 0 bridgehead atoms. The van der Waals surface area contributed by atoms with Gasteiger partial charge in [-0.1, -0.05) is 23.2 Å².